The molecule has 1 aliphatic carbocycles. The number of benzene rings is 2. The van der Waals surface area contributed by atoms with Crippen molar-refractivity contribution in [1.82, 2.24) is 0 Å². The summed E-state index contributed by atoms with van der Waals surface area (Å²) in [6.07, 6.45) is 4.45. The van der Waals surface area contributed by atoms with Crippen molar-refractivity contribution in [1.29, 1.82) is 0 Å². The Morgan fingerprint density at radius 1 is 1.04 bits per heavy atom. The fourth-order valence-corrected chi connectivity index (χ4v) is 4.88. The molecule has 2 aromatic rings. The lowest BCUT2D eigenvalue weighted by Crippen LogP contribution is -2.36. The van der Waals surface area contributed by atoms with E-state index in [9.17, 15) is 13.2 Å². The van der Waals surface area contributed by atoms with Crippen molar-refractivity contribution in [3.8, 4) is 0 Å². The molecule has 2 aliphatic rings. The Kier molecular flexibility index (Phi) is 5.15. The highest BCUT2D eigenvalue weighted by atomic mass is 32.2. The first-order valence-electron chi connectivity index (χ1n) is 9.95. The molecule has 0 spiro atoms. The lowest BCUT2D eigenvalue weighted by atomic mass is 10.00. The molecule has 0 unspecified atom stereocenters. The first-order chi connectivity index (χ1) is 13.4. The summed E-state index contributed by atoms with van der Waals surface area (Å²) in [5.74, 6) is 0.732. The van der Waals surface area contributed by atoms with Crippen LogP contribution in [0, 0.1) is 5.92 Å². The van der Waals surface area contributed by atoms with Crippen LogP contribution in [0.5, 0.6) is 0 Å². The number of nitrogens with zero attached hydrogens (tertiary/aromatic N) is 1. The van der Waals surface area contributed by atoms with Gasteiger partial charge in [0.25, 0.3) is 0 Å². The summed E-state index contributed by atoms with van der Waals surface area (Å²) in [7, 11) is -3.50. The van der Waals surface area contributed by atoms with Crippen LogP contribution in [0.4, 0.5) is 11.4 Å². The Balaban J connectivity index is 1.49. The number of amides is 1. The minimum Gasteiger partial charge on any atom is -0.312 e. The van der Waals surface area contributed by atoms with Crippen molar-refractivity contribution in [2.75, 3.05) is 16.2 Å². The number of anilines is 2. The van der Waals surface area contributed by atoms with Gasteiger partial charge in [0.2, 0.25) is 15.9 Å². The maximum atomic E-state index is 12.6. The molecule has 1 saturated carbocycles. The molecule has 1 N–H and O–H groups in total. The van der Waals surface area contributed by atoms with Gasteiger partial charge in [-0.3, -0.25) is 9.52 Å². The predicted octanol–water partition coefficient (Wildman–Crippen LogP) is 3.88. The maximum absolute atomic E-state index is 12.6. The van der Waals surface area contributed by atoms with E-state index >= 15 is 0 Å². The Morgan fingerprint density at radius 2 is 1.75 bits per heavy atom. The van der Waals surface area contributed by atoms with E-state index in [0.29, 0.717) is 24.4 Å². The zero-order chi connectivity index (χ0) is 19.7. The minimum atomic E-state index is -3.50. The van der Waals surface area contributed by atoms with Crippen molar-refractivity contribution in [3.05, 3.63) is 59.2 Å². The van der Waals surface area contributed by atoms with Gasteiger partial charge in [-0.1, -0.05) is 31.2 Å². The minimum absolute atomic E-state index is 0.0552. The second-order valence-electron chi connectivity index (χ2n) is 7.82. The number of nitrogens with one attached hydrogen (secondary N) is 1. The molecule has 0 radical (unpaired) electrons. The summed E-state index contributed by atoms with van der Waals surface area (Å²) in [6.45, 7) is 2.85. The van der Waals surface area contributed by atoms with Gasteiger partial charge in [0.1, 0.15) is 0 Å². The number of hydrogen-bond donors (Lipinski definition) is 1. The van der Waals surface area contributed by atoms with E-state index in [0.717, 1.165) is 29.8 Å². The van der Waals surface area contributed by atoms with E-state index in [1.807, 2.05) is 41.3 Å². The average molecular weight is 399 g/mol. The van der Waals surface area contributed by atoms with Crippen LogP contribution < -0.4 is 9.62 Å². The van der Waals surface area contributed by atoms with Gasteiger partial charge < -0.3 is 4.90 Å². The predicted molar refractivity (Wildman–Crippen MR) is 112 cm³/mol. The van der Waals surface area contributed by atoms with Gasteiger partial charge >= 0.3 is 0 Å². The van der Waals surface area contributed by atoms with Gasteiger partial charge in [-0.05, 0) is 66.5 Å². The molecule has 1 fully saturated rings. The van der Waals surface area contributed by atoms with Crippen LogP contribution in [0.2, 0.25) is 0 Å². The van der Waals surface area contributed by atoms with E-state index in [1.165, 1.54) is 18.4 Å². The summed E-state index contributed by atoms with van der Waals surface area (Å²) in [5, 5.41) is 0. The third kappa shape index (κ3) is 4.38. The Bertz CT molecular complexity index is 979. The normalized spacial score (nSPS) is 16.8. The van der Waals surface area contributed by atoms with Crippen molar-refractivity contribution in [3.63, 3.8) is 0 Å². The monoisotopic (exact) mass is 398 g/mol. The largest absolute Gasteiger partial charge is 0.312 e. The molecule has 0 bridgehead atoms. The lowest BCUT2D eigenvalue weighted by molar-refractivity contribution is -0.118. The molecule has 1 aliphatic heterocycles. The summed E-state index contributed by atoms with van der Waals surface area (Å²) in [5.41, 5.74) is 4.48. The van der Waals surface area contributed by atoms with Gasteiger partial charge in [0, 0.05) is 24.3 Å². The van der Waals surface area contributed by atoms with Crippen LogP contribution in [0.15, 0.2) is 42.5 Å². The van der Waals surface area contributed by atoms with Crippen LogP contribution >= 0.6 is 0 Å². The van der Waals surface area contributed by atoms with Gasteiger partial charge in [-0.15, -0.1) is 0 Å². The van der Waals surface area contributed by atoms with Crippen molar-refractivity contribution in [2.45, 2.75) is 44.8 Å². The number of carbonyl (C=O) groups is 1. The summed E-state index contributed by atoms with van der Waals surface area (Å²) in [6, 6.07) is 13.2. The molecule has 5 nitrogen and oxygen atoms in total. The van der Waals surface area contributed by atoms with E-state index < -0.39 is 10.0 Å². The average Bonchev–Trinajstić information content (AvgIpc) is 3.48. The molecule has 6 heteroatoms. The highest BCUT2D eigenvalue weighted by Crippen LogP contribution is 2.36. The number of hydrogen-bond acceptors (Lipinski definition) is 3. The number of aryl methyl sites for hydroxylation is 2. The van der Waals surface area contributed by atoms with Crippen LogP contribution in [0.25, 0.3) is 0 Å². The molecule has 148 valence electrons. The molecule has 1 amide bonds. The fraction of sp³-hybridized carbons (Fsp3) is 0.409. The van der Waals surface area contributed by atoms with Gasteiger partial charge in [0.05, 0.1) is 5.75 Å². The molecule has 2 aromatic carbocycles. The van der Waals surface area contributed by atoms with Gasteiger partial charge in [0.15, 0.2) is 0 Å². The third-order valence-corrected chi connectivity index (χ3v) is 6.74. The second kappa shape index (κ2) is 7.59. The zero-order valence-corrected chi connectivity index (χ0v) is 17.0. The topological polar surface area (TPSA) is 66.5 Å². The van der Waals surface area contributed by atoms with Crippen LogP contribution in [0.1, 0.15) is 42.9 Å². The molecule has 0 atom stereocenters. The summed E-state index contributed by atoms with van der Waals surface area (Å²) >= 11 is 0. The second-order valence-corrected chi connectivity index (χ2v) is 9.54. The summed E-state index contributed by atoms with van der Waals surface area (Å²) in [4.78, 5) is 14.2. The number of fused-ring (bicyclic) bond motifs is 1. The SMILES string of the molecule is CCc1ccc(CS(=O)(=O)Nc2ccc3c(c2)CCC(=O)N3CC2CC2)cc1. The molecule has 28 heavy (non-hydrogen) atoms. The smallest absolute Gasteiger partial charge is 0.236 e. The highest BCUT2D eigenvalue weighted by molar-refractivity contribution is 7.91. The highest BCUT2D eigenvalue weighted by Gasteiger charge is 2.31. The molecular weight excluding hydrogens is 372 g/mol. The van der Waals surface area contributed by atoms with E-state index in [2.05, 4.69) is 11.6 Å². The Morgan fingerprint density at radius 3 is 2.43 bits per heavy atom. The summed E-state index contributed by atoms with van der Waals surface area (Å²) < 4.78 is 27.9. The van der Waals surface area contributed by atoms with E-state index in [1.54, 1.807) is 6.07 Å². The van der Waals surface area contributed by atoms with E-state index in [4.69, 9.17) is 0 Å². The number of carbonyl (C=O) groups excluding carboxylic acids is 1. The standard InChI is InChI=1S/C22H26N2O3S/c1-2-16-3-7-18(8-4-16)15-28(26,27)23-20-10-11-21-19(13-20)9-12-22(25)24(21)14-17-5-6-17/h3-4,7-8,10-11,13,17,23H,2,5-6,9,12,14-15H2,1H3. The van der Waals surface area contributed by atoms with E-state index in [-0.39, 0.29) is 11.7 Å². The lowest BCUT2D eigenvalue weighted by Gasteiger charge is -2.30. The Hall–Kier alpha value is -2.34. The first-order valence-corrected chi connectivity index (χ1v) is 11.6. The Labute approximate surface area is 166 Å². The van der Waals surface area contributed by atoms with Crippen LogP contribution in [-0.2, 0) is 33.4 Å². The van der Waals surface area contributed by atoms with Gasteiger partial charge in [-0.25, -0.2) is 8.42 Å². The van der Waals surface area contributed by atoms with Crippen LogP contribution in [0.3, 0.4) is 0 Å². The first kappa shape index (κ1) is 19.0. The number of sulfonamides is 1. The molecule has 1 heterocycles. The fourth-order valence-electron chi connectivity index (χ4n) is 3.69. The van der Waals surface area contributed by atoms with Crippen molar-refractivity contribution in [2.24, 2.45) is 5.92 Å². The van der Waals surface area contributed by atoms with Crippen molar-refractivity contribution < 1.29 is 13.2 Å². The van der Waals surface area contributed by atoms with Crippen molar-refractivity contribution >= 4 is 27.3 Å². The van der Waals surface area contributed by atoms with Crippen LogP contribution in [-0.4, -0.2) is 20.9 Å². The molecular formula is C22H26N2O3S. The zero-order valence-electron chi connectivity index (χ0n) is 16.1. The quantitative estimate of drug-likeness (QED) is 0.770. The molecule has 4 rings (SSSR count). The molecule has 0 saturated heterocycles. The van der Waals surface area contributed by atoms with Gasteiger partial charge in [-0.2, -0.15) is 0 Å². The number of rotatable bonds is 7. The molecule has 0 aromatic heterocycles. The maximum Gasteiger partial charge on any atom is 0.236 e. The third-order valence-electron chi connectivity index (χ3n) is 5.48.